The second kappa shape index (κ2) is 6.53. The molecule has 0 aliphatic carbocycles. The van der Waals surface area contributed by atoms with Gasteiger partial charge in [0.2, 0.25) is 0 Å². The topological polar surface area (TPSA) is 60.9 Å². The first kappa shape index (κ1) is 18.6. The molecule has 0 aliphatic rings. The predicted octanol–water partition coefficient (Wildman–Crippen LogP) is 4.32. The first-order valence-corrected chi connectivity index (χ1v) is 7.91. The molecule has 2 aromatic carbocycles. The minimum atomic E-state index is -4.86. The van der Waals surface area contributed by atoms with E-state index in [9.17, 15) is 22.4 Å². The molecule has 0 unspecified atom stereocenters. The maximum absolute atomic E-state index is 14.1. The molecule has 8 heteroatoms. The number of amides is 1. The Morgan fingerprint density at radius 1 is 1.15 bits per heavy atom. The van der Waals surface area contributed by atoms with E-state index >= 15 is 0 Å². The maximum atomic E-state index is 14.1. The van der Waals surface area contributed by atoms with Gasteiger partial charge >= 0.3 is 6.18 Å². The SMILES string of the molecule is Cc1cc(F)cc(-c2ccccc2)c1-c1c(C(N)=O)c(C(F)(F)F)nn1C. The van der Waals surface area contributed by atoms with E-state index in [4.69, 9.17) is 5.73 Å². The average molecular weight is 377 g/mol. The molecule has 4 nitrogen and oxygen atoms in total. The summed E-state index contributed by atoms with van der Waals surface area (Å²) in [5.74, 6) is -1.80. The lowest BCUT2D eigenvalue weighted by atomic mass is 9.91. The lowest BCUT2D eigenvalue weighted by Gasteiger charge is -2.15. The largest absolute Gasteiger partial charge is 0.435 e. The van der Waals surface area contributed by atoms with E-state index in [-0.39, 0.29) is 11.3 Å². The molecule has 0 saturated carbocycles. The van der Waals surface area contributed by atoms with E-state index in [1.54, 1.807) is 37.3 Å². The summed E-state index contributed by atoms with van der Waals surface area (Å²) >= 11 is 0. The molecule has 0 aliphatic heterocycles. The molecule has 0 bridgehead atoms. The first-order chi connectivity index (χ1) is 12.6. The van der Waals surface area contributed by atoms with Crippen LogP contribution in [-0.2, 0) is 13.2 Å². The lowest BCUT2D eigenvalue weighted by molar-refractivity contribution is -0.141. The van der Waals surface area contributed by atoms with Crippen LogP contribution in [-0.4, -0.2) is 15.7 Å². The Bertz CT molecular complexity index is 1020. The number of carbonyl (C=O) groups is 1. The van der Waals surface area contributed by atoms with E-state index in [0.717, 1.165) is 4.68 Å². The van der Waals surface area contributed by atoms with Crippen LogP contribution in [0.15, 0.2) is 42.5 Å². The zero-order valence-corrected chi connectivity index (χ0v) is 14.4. The molecule has 1 aromatic heterocycles. The number of benzene rings is 2. The molecule has 2 N–H and O–H groups in total. The van der Waals surface area contributed by atoms with E-state index in [1.807, 2.05) is 0 Å². The molecule has 140 valence electrons. The van der Waals surface area contributed by atoms with Gasteiger partial charge in [-0.15, -0.1) is 0 Å². The van der Waals surface area contributed by atoms with Crippen LogP contribution in [0.3, 0.4) is 0 Å². The number of rotatable bonds is 3. The van der Waals surface area contributed by atoms with Gasteiger partial charge in [0.05, 0.1) is 11.3 Å². The Morgan fingerprint density at radius 2 is 1.78 bits per heavy atom. The molecule has 3 aromatic rings. The number of aromatic nitrogens is 2. The number of halogens is 4. The molecule has 27 heavy (non-hydrogen) atoms. The number of primary amides is 1. The number of nitrogens with two attached hydrogens (primary N) is 1. The Hall–Kier alpha value is -3.16. The summed E-state index contributed by atoms with van der Waals surface area (Å²) in [7, 11) is 1.29. The van der Waals surface area contributed by atoms with Gasteiger partial charge in [-0.05, 0) is 35.7 Å². The maximum Gasteiger partial charge on any atom is 0.435 e. The normalized spacial score (nSPS) is 11.6. The van der Waals surface area contributed by atoms with Crippen LogP contribution < -0.4 is 5.73 Å². The summed E-state index contributed by atoms with van der Waals surface area (Å²) in [6, 6.07) is 11.0. The minimum absolute atomic E-state index is 0.105. The number of nitrogens with zero attached hydrogens (tertiary/aromatic N) is 2. The van der Waals surface area contributed by atoms with Gasteiger partial charge in [-0.25, -0.2) is 4.39 Å². The van der Waals surface area contributed by atoms with Crippen molar-refractivity contribution in [2.75, 3.05) is 0 Å². The third-order valence-corrected chi connectivity index (χ3v) is 4.18. The smallest absolute Gasteiger partial charge is 0.365 e. The number of aryl methyl sites for hydroxylation is 2. The third-order valence-electron chi connectivity index (χ3n) is 4.18. The van der Waals surface area contributed by atoms with Crippen LogP contribution in [0.4, 0.5) is 17.6 Å². The molecule has 0 spiro atoms. The second-order valence-electron chi connectivity index (χ2n) is 6.07. The molecular weight excluding hydrogens is 362 g/mol. The van der Waals surface area contributed by atoms with Gasteiger partial charge in [0.15, 0.2) is 5.69 Å². The molecule has 0 radical (unpaired) electrons. The van der Waals surface area contributed by atoms with E-state index in [2.05, 4.69) is 5.10 Å². The van der Waals surface area contributed by atoms with Crippen LogP contribution in [0.5, 0.6) is 0 Å². The highest BCUT2D eigenvalue weighted by Crippen LogP contribution is 2.41. The predicted molar refractivity (Wildman–Crippen MR) is 92.3 cm³/mol. The highest BCUT2D eigenvalue weighted by atomic mass is 19.4. The van der Waals surface area contributed by atoms with Crippen molar-refractivity contribution in [3.8, 4) is 22.4 Å². The summed E-state index contributed by atoms with van der Waals surface area (Å²) in [6.07, 6.45) is -4.86. The monoisotopic (exact) mass is 377 g/mol. The highest BCUT2D eigenvalue weighted by Gasteiger charge is 2.41. The van der Waals surface area contributed by atoms with Gasteiger partial charge in [0.1, 0.15) is 5.82 Å². The first-order valence-electron chi connectivity index (χ1n) is 7.91. The van der Waals surface area contributed by atoms with Crippen LogP contribution >= 0.6 is 0 Å². The van der Waals surface area contributed by atoms with Crippen LogP contribution in [0.1, 0.15) is 21.6 Å². The Labute approximate surface area is 152 Å². The number of hydrogen-bond donors (Lipinski definition) is 1. The van der Waals surface area contributed by atoms with Crippen molar-refractivity contribution in [3.63, 3.8) is 0 Å². The van der Waals surface area contributed by atoms with Crippen LogP contribution in [0, 0.1) is 12.7 Å². The summed E-state index contributed by atoms with van der Waals surface area (Å²) in [5.41, 5.74) is 4.60. The summed E-state index contributed by atoms with van der Waals surface area (Å²) < 4.78 is 55.1. The van der Waals surface area contributed by atoms with E-state index < -0.39 is 29.2 Å². The Morgan fingerprint density at radius 3 is 2.33 bits per heavy atom. The molecule has 1 heterocycles. The van der Waals surface area contributed by atoms with Crippen molar-refractivity contribution in [2.24, 2.45) is 12.8 Å². The van der Waals surface area contributed by atoms with Crippen molar-refractivity contribution in [3.05, 3.63) is 65.1 Å². The molecule has 0 saturated heterocycles. The number of carbonyl (C=O) groups excluding carboxylic acids is 1. The minimum Gasteiger partial charge on any atom is -0.365 e. The van der Waals surface area contributed by atoms with Crippen molar-refractivity contribution in [2.45, 2.75) is 13.1 Å². The van der Waals surface area contributed by atoms with Gasteiger partial charge in [0.25, 0.3) is 5.91 Å². The number of alkyl halides is 3. The van der Waals surface area contributed by atoms with Crippen molar-refractivity contribution >= 4 is 5.91 Å². The zero-order valence-electron chi connectivity index (χ0n) is 14.4. The Balaban J connectivity index is 2.43. The van der Waals surface area contributed by atoms with Crippen molar-refractivity contribution < 1.29 is 22.4 Å². The van der Waals surface area contributed by atoms with Crippen LogP contribution in [0.2, 0.25) is 0 Å². The molecule has 0 fully saturated rings. The highest BCUT2D eigenvalue weighted by molar-refractivity contribution is 6.02. The molecule has 3 rings (SSSR count). The summed E-state index contributed by atoms with van der Waals surface area (Å²) in [5, 5.41) is 3.47. The average Bonchev–Trinajstić information content (AvgIpc) is 2.92. The fraction of sp³-hybridized carbons (Fsp3) is 0.158. The zero-order chi connectivity index (χ0) is 19.9. The van der Waals surface area contributed by atoms with Gasteiger partial charge < -0.3 is 5.73 Å². The van der Waals surface area contributed by atoms with Gasteiger partial charge in [-0.1, -0.05) is 30.3 Å². The fourth-order valence-corrected chi connectivity index (χ4v) is 3.15. The Kier molecular flexibility index (Phi) is 4.51. The summed E-state index contributed by atoms with van der Waals surface area (Å²) in [4.78, 5) is 11.9. The van der Waals surface area contributed by atoms with E-state index in [0.29, 0.717) is 16.7 Å². The second-order valence-corrected chi connectivity index (χ2v) is 6.07. The van der Waals surface area contributed by atoms with Crippen molar-refractivity contribution in [1.29, 1.82) is 0 Å². The third kappa shape index (κ3) is 3.30. The lowest BCUT2D eigenvalue weighted by Crippen LogP contribution is -2.18. The quantitative estimate of drug-likeness (QED) is 0.691. The van der Waals surface area contributed by atoms with E-state index in [1.165, 1.54) is 19.2 Å². The van der Waals surface area contributed by atoms with Crippen molar-refractivity contribution in [1.82, 2.24) is 9.78 Å². The fourth-order valence-electron chi connectivity index (χ4n) is 3.15. The van der Waals surface area contributed by atoms with Crippen LogP contribution in [0.25, 0.3) is 22.4 Å². The summed E-state index contributed by atoms with van der Waals surface area (Å²) in [6.45, 7) is 1.55. The molecule has 0 atom stereocenters. The van der Waals surface area contributed by atoms with Gasteiger partial charge in [-0.2, -0.15) is 18.3 Å². The van der Waals surface area contributed by atoms with Gasteiger partial charge in [-0.3, -0.25) is 9.48 Å². The molecular formula is C19H15F4N3O. The molecule has 1 amide bonds. The standard InChI is InChI=1S/C19H15F4N3O/c1-10-8-12(20)9-13(11-6-4-3-5-7-11)14(10)16-15(18(24)27)17(19(21,22)23)25-26(16)2/h3-9H,1-2H3,(H2,24,27). The number of hydrogen-bond acceptors (Lipinski definition) is 2. The van der Waals surface area contributed by atoms with Gasteiger partial charge in [0, 0.05) is 12.6 Å².